The number of carbonyl (C=O) groups excluding carboxylic acids is 2. The Hall–Kier alpha value is -1.10. The molecule has 0 bridgehead atoms. The van der Waals surface area contributed by atoms with Gasteiger partial charge in [-0.3, -0.25) is 9.59 Å². The number of esters is 1. The van der Waals surface area contributed by atoms with Crippen molar-refractivity contribution in [3.8, 4) is 0 Å². The molecule has 0 atom stereocenters. The minimum atomic E-state index is -0.149. The molecule has 1 saturated heterocycles. The first-order valence-corrected chi connectivity index (χ1v) is 6.63. The van der Waals surface area contributed by atoms with Crippen molar-refractivity contribution in [2.45, 2.75) is 39.2 Å². The van der Waals surface area contributed by atoms with Gasteiger partial charge in [0, 0.05) is 32.1 Å². The first-order valence-electron chi connectivity index (χ1n) is 6.63. The van der Waals surface area contributed by atoms with Gasteiger partial charge in [-0.2, -0.15) is 0 Å². The predicted molar refractivity (Wildman–Crippen MR) is 69.1 cm³/mol. The van der Waals surface area contributed by atoms with Gasteiger partial charge in [-0.25, -0.2) is 0 Å². The molecule has 1 rings (SSSR count). The van der Waals surface area contributed by atoms with Crippen LogP contribution in [0.4, 0.5) is 0 Å². The van der Waals surface area contributed by atoms with Gasteiger partial charge >= 0.3 is 5.97 Å². The van der Waals surface area contributed by atoms with Crippen molar-refractivity contribution in [2.24, 2.45) is 5.92 Å². The Labute approximate surface area is 109 Å². The van der Waals surface area contributed by atoms with Crippen LogP contribution >= 0.6 is 0 Å². The standard InChI is InChI=1S/C13H24N2O3/c1-10(2)14-7-4-12(16)15-8-5-11(6-9-15)13(17)18-3/h10-11,14H,4-9H2,1-3H3. The molecule has 1 aliphatic rings. The van der Waals surface area contributed by atoms with Crippen molar-refractivity contribution >= 4 is 11.9 Å². The highest BCUT2D eigenvalue weighted by molar-refractivity contribution is 5.77. The van der Waals surface area contributed by atoms with Crippen LogP contribution in [-0.2, 0) is 14.3 Å². The second-order valence-corrected chi connectivity index (χ2v) is 5.04. The summed E-state index contributed by atoms with van der Waals surface area (Å²) in [4.78, 5) is 25.1. The largest absolute Gasteiger partial charge is 0.469 e. The Kier molecular flexibility index (Phi) is 6.12. The highest BCUT2D eigenvalue weighted by atomic mass is 16.5. The molecule has 0 aromatic heterocycles. The third kappa shape index (κ3) is 4.64. The average molecular weight is 256 g/mol. The van der Waals surface area contributed by atoms with E-state index in [9.17, 15) is 9.59 Å². The van der Waals surface area contributed by atoms with Crippen molar-refractivity contribution in [3.05, 3.63) is 0 Å². The van der Waals surface area contributed by atoms with Gasteiger partial charge in [0.05, 0.1) is 13.0 Å². The maximum absolute atomic E-state index is 11.9. The molecule has 5 heteroatoms. The summed E-state index contributed by atoms with van der Waals surface area (Å²) >= 11 is 0. The molecule has 0 spiro atoms. The van der Waals surface area contributed by atoms with Crippen molar-refractivity contribution in [3.63, 3.8) is 0 Å². The van der Waals surface area contributed by atoms with E-state index in [1.807, 2.05) is 4.90 Å². The fourth-order valence-corrected chi connectivity index (χ4v) is 2.16. The molecule has 1 N–H and O–H groups in total. The van der Waals surface area contributed by atoms with Crippen LogP contribution in [0.15, 0.2) is 0 Å². The molecule has 0 saturated carbocycles. The van der Waals surface area contributed by atoms with E-state index < -0.39 is 0 Å². The van der Waals surface area contributed by atoms with E-state index in [4.69, 9.17) is 4.74 Å². The molecule has 104 valence electrons. The summed E-state index contributed by atoms with van der Waals surface area (Å²) in [5, 5.41) is 3.23. The molecule has 5 nitrogen and oxygen atoms in total. The SMILES string of the molecule is COC(=O)C1CCN(C(=O)CCNC(C)C)CC1. The quantitative estimate of drug-likeness (QED) is 0.739. The van der Waals surface area contributed by atoms with Gasteiger partial charge in [0.15, 0.2) is 0 Å². The lowest BCUT2D eigenvalue weighted by Crippen LogP contribution is -2.41. The van der Waals surface area contributed by atoms with Crippen LogP contribution in [0.1, 0.15) is 33.1 Å². The van der Waals surface area contributed by atoms with E-state index in [2.05, 4.69) is 19.2 Å². The smallest absolute Gasteiger partial charge is 0.308 e. The van der Waals surface area contributed by atoms with E-state index in [1.165, 1.54) is 7.11 Å². The molecule has 0 radical (unpaired) electrons. The van der Waals surface area contributed by atoms with Crippen LogP contribution < -0.4 is 5.32 Å². The molecule has 1 aliphatic heterocycles. The number of likely N-dealkylation sites (tertiary alicyclic amines) is 1. The number of hydrogen-bond donors (Lipinski definition) is 1. The van der Waals surface area contributed by atoms with Crippen LogP contribution in [0.25, 0.3) is 0 Å². The van der Waals surface area contributed by atoms with Crippen LogP contribution in [-0.4, -0.2) is 49.6 Å². The summed E-state index contributed by atoms with van der Waals surface area (Å²) < 4.78 is 4.72. The molecule has 0 aromatic carbocycles. The van der Waals surface area contributed by atoms with Gasteiger partial charge in [0.25, 0.3) is 0 Å². The number of nitrogens with one attached hydrogen (secondary N) is 1. The van der Waals surface area contributed by atoms with Crippen molar-refractivity contribution in [1.29, 1.82) is 0 Å². The lowest BCUT2D eigenvalue weighted by molar-refractivity contribution is -0.148. The monoisotopic (exact) mass is 256 g/mol. The van der Waals surface area contributed by atoms with Gasteiger partial charge in [0.1, 0.15) is 0 Å². The Balaban J connectivity index is 2.25. The molecule has 0 unspecified atom stereocenters. The summed E-state index contributed by atoms with van der Waals surface area (Å²) in [7, 11) is 1.41. The van der Waals surface area contributed by atoms with Crippen LogP contribution in [0, 0.1) is 5.92 Å². The second kappa shape index (κ2) is 7.36. The molecule has 1 heterocycles. The molecule has 0 aromatic rings. The van der Waals surface area contributed by atoms with Gasteiger partial charge in [0.2, 0.25) is 5.91 Å². The number of hydrogen-bond acceptors (Lipinski definition) is 4. The fourth-order valence-electron chi connectivity index (χ4n) is 2.16. The van der Waals surface area contributed by atoms with Crippen molar-refractivity contribution < 1.29 is 14.3 Å². The highest BCUT2D eigenvalue weighted by Crippen LogP contribution is 2.18. The minimum Gasteiger partial charge on any atom is -0.469 e. The van der Waals surface area contributed by atoms with E-state index >= 15 is 0 Å². The maximum atomic E-state index is 11.9. The number of piperidine rings is 1. The molecule has 1 fully saturated rings. The van der Waals surface area contributed by atoms with E-state index in [0.29, 0.717) is 32.1 Å². The maximum Gasteiger partial charge on any atom is 0.308 e. The normalized spacial score (nSPS) is 17.0. The van der Waals surface area contributed by atoms with Gasteiger partial charge in [-0.05, 0) is 12.8 Å². The minimum absolute atomic E-state index is 0.0344. The predicted octanol–water partition coefficient (Wildman–Crippen LogP) is 0.786. The Morgan fingerprint density at radius 3 is 2.44 bits per heavy atom. The average Bonchev–Trinajstić information content (AvgIpc) is 2.37. The summed E-state index contributed by atoms with van der Waals surface area (Å²) in [6.45, 7) is 6.17. The number of methoxy groups -OCH3 is 1. The second-order valence-electron chi connectivity index (χ2n) is 5.04. The molecule has 1 amide bonds. The number of amides is 1. The van der Waals surface area contributed by atoms with Crippen molar-refractivity contribution in [1.82, 2.24) is 10.2 Å². The van der Waals surface area contributed by atoms with Gasteiger partial charge in [-0.15, -0.1) is 0 Å². The molecule has 0 aliphatic carbocycles. The molecule has 18 heavy (non-hydrogen) atoms. The Morgan fingerprint density at radius 2 is 1.94 bits per heavy atom. The van der Waals surface area contributed by atoms with E-state index in [0.717, 1.165) is 12.8 Å². The van der Waals surface area contributed by atoms with Crippen LogP contribution in [0.3, 0.4) is 0 Å². The Morgan fingerprint density at radius 1 is 1.33 bits per heavy atom. The lowest BCUT2D eigenvalue weighted by atomic mass is 9.97. The van der Waals surface area contributed by atoms with Crippen LogP contribution in [0.5, 0.6) is 0 Å². The fraction of sp³-hybridized carbons (Fsp3) is 0.846. The summed E-state index contributed by atoms with van der Waals surface area (Å²) in [6, 6.07) is 0.405. The van der Waals surface area contributed by atoms with Crippen molar-refractivity contribution in [2.75, 3.05) is 26.7 Å². The number of rotatable bonds is 5. The number of ether oxygens (including phenoxy) is 1. The zero-order valence-electron chi connectivity index (χ0n) is 11.6. The topological polar surface area (TPSA) is 58.6 Å². The molecular formula is C13H24N2O3. The highest BCUT2D eigenvalue weighted by Gasteiger charge is 2.27. The third-order valence-electron chi connectivity index (χ3n) is 3.27. The van der Waals surface area contributed by atoms with Gasteiger partial charge in [-0.1, -0.05) is 13.8 Å². The number of nitrogens with zero attached hydrogens (tertiary/aromatic N) is 1. The third-order valence-corrected chi connectivity index (χ3v) is 3.27. The lowest BCUT2D eigenvalue weighted by Gasteiger charge is -2.30. The Bertz CT molecular complexity index is 284. The van der Waals surface area contributed by atoms with Crippen LogP contribution in [0.2, 0.25) is 0 Å². The number of carbonyl (C=O) groups is 2. The van der Waals surface area contributed by atoms with Gasteiger partial charge < -0.3 is 15.0 Å². The summed E-state index contributed by atoms with van der Waals surface area (Å²) in [5.74, 6) is -0.0112. The zero-order chi connectivity index (χ0) is 13.5. The first-order chi connectivity index (χ1) is 8.54. The summed E-state index contributed by atoms with van der Waals surface area (Å²) in [6.07, 6.45) is 1.97. The summed E-state index contributed by atoms with van der Waals surface area (Å²) in [5.41, 5.74) is 0. The zero-order valence-corrected chi connectivity index (χ0v) is 11.6. The van der Waals surface area contributed by atoms with E-state index in [1.54, 1.807) is 0 Å². The first kappa shape index (κ1) is 15.0. The molecular weight excluding hydrogens is 232 g/mol. The van der Waals surface area contributed by atoms with E-state index in [-0.39, 0.29) is 17.8 Å².